The van der Waals surface area contributed by atoms with Gasteiger partial charge < -0.3 is 15.4 Å². The summed E-state index contributed by atoms with van der Waals surface area (Å²) in [6.45, 7) is 2.16. The van der Waals surface area contributed by atoms with Crippen molar-refractivity contribution in [2.75, 3.05) is 12.3 Å². The first kappa shape index (κ1) is 24.5. The minimum atomic E-state index is -0.652. The largest absolute Gasteiger partial charge is 0.398 e. The second-order valence-corrected chi connectivity index (χ2v) is 9.95. The number of hydrogen-bond acceptors (Lipinski definition) is 4. The predicted octanol–water partition coefficient (Wildman–Crippen LogP) is 6.17. The molecule has 6 nitrogen and oxygen atoms in total. The molecule has 0 saturated carbocycles. The van der Waals surface area contributed by atoms with Gasteiger partial charge in [0.1, 0.15) is 17.6 Å². The lowest BCUT2D eigenvalue weighted by Crippen LogP contribution is -2.32. The van der Waals surface area contributed by atoms with Crippen molar-refractivity contribution in [2.45, 2.75) is 25.7 Å². The van der Waals surface area contributed by atoms with Crippen LogP contribution in [0.3, 0.4) is 0 Å². The van der Waals surface area contributed by atoms with Crippen LogP contribution in [0.2, 0.25) is 5.02 Å². The molecule has 0 spiro atoms. The molecule has 1 fully saturated rings. The topological polar surface area (TPSA) is 73.4 Å². The molecule has 5 rings (SSSR count). The predicted molar refractivity (Wildman–Crippen MR) is 141 cm³/mol. The standard InChI is InChI=1S/C27H23BrClFN4O2/c1-16-26(35)33(13-12-17-2-11-24(31)23(29)14-17)27(36-16)22-15-34(21-9-5-19(28)6-10-21)32-25(22)18-3-7-20(30)8-4-18/h2-11,14-16,27H,12-13,31H2,1H3/t16-,27-/m1/s1. The molecule has 2 atom stereocenters. The molecule has 1 amide bonds. The maximum absolute atomic E-state index is 13.7. The number of carbonyl (C=O) groups is 1. The van der Waals surface area contributed by atoms with Gasteiger partial charge in [-0.1, -0.05) is 33.6 Å². The van der Waals surface area contributed by atoms with E-state index in [-0.39, 0.29) is 11.7 Å². The van der Waals surface area contributed by atoms with Crippen LogP contribution in [0.1, 0.15) is 24.3 Å². The number of amides is 1. The van der Waals surface area contributed by atoms with Gasteiger partial charge in [-0.3, -0.25) is 4.79 Å². The van der Waals surface area contributed by atoms with Crippen molar-refractivity contribution in [3.8, 4) is 16.9 Å². The number of benzene rings is 3. The Morgan fingerprint density at radius 2 is 1.83 bits per heavy atom. The van der Waals surface area contributed by atoms with Crippen LogP contribution in [0.4, 0.5) is 10.1 Å². The Kier molecular flexibility index (Phi) is 6.83. The molecule has 0 radical (unpaired) electrons. The van der Waals surface area contributed by atoms with Crippen molar-refractivity contribution < 1.29 is 13.9 Å². The van der Waals surface area contributed by atoms with Gasteiger partial charge in [-0.05, 0) is 79.6 Å². The van der Waals surface area contributed by atoms with Gasteiger partial charge in [-0.25, -0.2) is 9.07 Å². The zero-order valence-corrected chi connectivity index (χ0v) is 21.7. The number of rotatable bonds is 6. The summed E-state index contributed by atoms with van der Waals surface area (Å²) in [5.74, 6) is -0.444. The molecule has 1 aromatic heterocycles. The molecular formula is C27H23BrClFN4O2. The second-order valence-electron chi connectivity index (χ2n) is 8.63. The van der Waals surface area contributed by atoms with Crippen molar-refractivity contribution >= 4 is 39.1 Å². The number of aromatic nitrogens is 2. The highest BCUT2D eigenvalue weighted by atomic mass is 79.9. The first-order chi connectivity index (χ1) is 17.3. The molecule has 9 heteroatoms. The summed E-state index contributed by atoms with van der Waals surface area (Å²) in [6.07, 6.45) is 1.18. The number of anilines is 1. The Morgan fingerprint density at radius 1 is 1.11 bits per heavy atom. The lowest BCUT2D eigenvalue weighted by molar-refractivity contribution is -0.130. The molecule has 0 unspecified atom stereocenters. The third kappa shape index (κ3) is 4.89. The normalized spacial score (nSPS) is 17.7. The molecule has 2 N–H and O–H groups in total. The second kappa shape index (κ2) is 10.0. The van der Waals surface area contributed by atoms with Crippen molar-refractivity contribution in [2.24, 2.45) is 0 Å². The van der Waals surface area contributed by atoms with Gasteiger partial charge in [0.05, 0.1) is 16.4 Å². The van der Waals surface area contributed by atoms with E-state index in [1.54, 1.807) is 34.7 Å². The zero-order valence-electron chi connectivity index (χ0n) is 19.4. The summed E-state index contributed by atoms with van der Waals surface area (Å²) >= 11 is 9.64. The molecule has 1 saturated heterocycles. The van der Waals surface area contributed by atoms with E-state index in [9.17, 15) is 9.18 Å². The van der Waals surface area contributed by atoms with Crippen LogP contribution in [-0.2, 0) is 16.0 Å². The Labute approximate surface area is 221 Å². The average Bonchev–Trinajstić information content (AvgIpc) is 3.42. The Balaban J connectivity index is 1.53. The molecule has 2 heterocycles. The maximum atomic E-state index is 13.7. The fourth-order valence-corrected chi connectivity index (χ4v) is 4.71. The molecule has 184 valence electrons. The molecule has 4 aromatic rings. The van der Waals surface area contributed by atoms with E-state index in [4.69, 9.17) is 27.2 Å². The van der Waals surface area contributed by atoms with Gasteiger partial charge in [0, 0.05) is 28.3 Å². The third-order valence-electron chi connectivity index (χ3n) is 6.17. The zero-order chi connectivity index (χ0) is 25.4. The molecule has 1 aliphatic rings. The van der Waals surface area contributed by atoms with E-state index in [0.29, 0.717) is 29.4 Å². The minimum Gasteiger partial charge on any atom is -0.398 e. The molecule has 0 bridgehead atoms. The van der Waals surface area contributed by atoms with Crippen molar-refractivity contribution in [3.63, 3.8) is 0 Å². The van der Waals surface area contributed by atoms with Crippen LogP contribution in [0.25, 0.3) is 16.9 Å². The lowest BCUT2D eigenvalue weighted by atomic mass is 10.1. The van der Waals surface area contributed by atoms with Gasteiger partial charge in [-0.15, -0.1) is 0 Å². The van der Waals surface area contributed by atoms with E-state index < -0.39 is 12.3 Å². The number of carbonyl (C=O) groups excluding carboxylic acids is 1. The summed E-state index contributed by atoms with van der Waals surface area (Å²) in [7, 11) is 0. The first-order valence-electron chi connectivity index (χ1n) is 11.4. The molecule has 36 heavy (non-hydrogen) atoms. The monoisotopic (exact) mass is 568 g/mol. The third-order valence-corrected chi connectivity index (χ3v) is 7.03. The Bertz CT molecular complexity index is 1410. The van der Waals surface area contributed by atoms with E-state index in [2.05, 4.69) is 15.9 Å². The minimum absolute atomic E-state index is 0.108. The molecule has 3 aromatic carbocycles. The van der Waals surface area contributed by atoms with Gasteiger partial charge in [0.2, 0.25) is 0 Å². The summed E-state index contributed by atoms with van der Waals surface area (Å²) in [6, 6.07) is 19.3. The highest BCUT2D eigenvalue weighted by Gasteiger charge is 2.40. The van der Waals surface area contributed by atoms with Crippen molar-refractivity contribution in [1.29, 1.82) is 0 Å². The van der Waals surface area contributed by atoms with Gasteiger partial charge in [0.25, 0.3) is 5.91 Å². The van der Waals surface area contributed by atoms with Crippen LogP contribution in [0.5, 0.6) is 0 Å². The smallest absolute Gasteiger partial charge is 0.253 e. The quantitative estimate of drug-likeness (QED) is 0.282. The lowest BCUT2D eigenvalue weighted by Gasteiger charge is -2.23. The van der Waals surface area contributed by atoms with E-state index in [1.165, 1.54) is 12.1 Å². The van der Waals surface area contributed by atoms with E-state index in [1.807, 2.05) is 42.6 Å². The number of nitrogen functional groups attached to an aromatic ring is 1. The average molecular weight is 570 g/mol. The molecule has 1 aliphatic heterocycles. The maximum Gasteiger partial charge on any atom is 0.253 e. The van der Waals surface area contributed by atoms with Crippen molar-refractivity contribution in [3.05, 3.63) is 99.4 Å². The summed E-state index contributed by atoms with van der Waals surface area (Å²) in [5.41, 5.74) is 10.2. The van der Waals surface area contributed by atoms with Crippen LogP contribution in [0.15, 0.2) is 77.4 Å². The number of hydrogen-bond donors (Lipinski definition) is 1. The number of nitrogens with zero attached hydrogens (tertiary/aromatic N) is 3. The fraction of sp³-hybridized carbons (Fsp3) is 0.185. The van der Waals surface area contributed by atoms with Crippen molar-refractivity contribution in [1.82, 2.24) is 14.7 Å². The number of nitrogens with two attached hydrogens (primary N) is 1. The van der Waals surface area contributed by atoms with Crippen LogP contribution < -0.4 is 5.73 Å². The number of halogens is 3. The summed E-state index contributed by atoms with van der Waals surface area (Å²) < 4.78 is 22.5. The fourth-order valence-electron chi connectivity index (χ4n) is 4.24. The SMILES string of the molecule is C[C@H]1O[C@H](c2cn(-c3ccc(Br)cc3)nc2-c2ccc(F)cc2)N(CCc2ccc(N)c(Cl)c2)C1=O. The summed E-state index contributed by atoms with van der Waals surface area (Å²) in [5, 5.41) is 5.29. The molecular weight excluding hydrogens is 547 g/mol. The molecule has 0 aliphatic carbocycles. The van der Waals surface area contributed by atoms with Crippen LogP contribution >= 0.6 is 27.5 Å². The Morgan fingerprint density at radius 3 is 2.53 bits per heavy atom. The number of ether oxygens (including phenoxy) is 1. The highest BCUT2D eigenvalue weighted by molar-refractivity contribution is 9.10. The summed E-state index contributed by atoms with van der Waals surface area (Å²) in [4.78, 5) is 14.8. The Hall–Kier alpha value is -3.20. The van der Waals surface area contributed by atoms with Gasteiger partial charge in [0.15, 0.2) is 6.23 Å². The first-order valence-corrected chi connectivity index (χ1v) is 12.6. The highest BCUT2D eigenvalue weighted by Crippen LogP contribution is 2.37. The van der Waals surface area contributed by atoms with Gasteiger partial charge >= 0.3 is 0 Å². The van der Waals surface area contributed by atoms with E-state index in [0.717, 1.165) is 26.9 Å². The van der Waals surface area contributed by atoms with E-state index >= 15 is 0 Å². The van der Waals surface area contributed by atoms with Gasteiger partial charge in [-0.2, -0.15) is 5.10 Å². The van der Waals surface area contributed by atoms with Crippen LogP contribution in [-0.4, -0.2) is 33.2 Å². The van der Waals surface area contributed by atoms with Crippen LogP contribution in [0, 0.1) is 5.82 Å².